The van der Waals surface area contributed by atoms with E-state index in [0.717, 1.165) is 62.3 Å². The van der Waals surface area contributed by atoms with Crippen LogP contribution >= 0.6 is 0 Å². The molecule has 0 saturated heterocycles. The summed E-state index contributed by atoms with van der Waals surface area (Å²) in [6, 6.07) is 50.3. The van der Waals surface area contributed by atoms with Gasteiger partial charge in [-0.2, -0.15) is 0 Å². The number of hydrogen-bond donors (Lipinski definition) is 0. The van der Waals surface area contributed by atoms with Crippen molar-refractivity contribution < 1.29 is 9.47 Å². The fourth-order valence-electron chi connectivity index (χ4n) is 6.56. The van der Waals surface area contributed by atoms with Crippen LogP contribution in [0, 0.1) is 0 Å². The van der Waals surface area contributed by atoms with Gasteiger partial charge in [0.1, 0.15) is 11.5 Å². The van der Waals surface area contributed by atoms with Gasteiger partial charge in [-0.1, -0.05) is 142 Å². The number of imidazole rings is 1. The summed E-state index contributed by atoms with van der Waals surface area (Å²) in [5.74, 6) is 1.89. The molecule has 6 rings (SSSR count). The normalized spacial score (nSPS) is 11.4. The molecule has 6 aromatic rings. The molecule has 4 nitrogen and oxygen atoms in total. The van der Waals surface area contributed by atoms with E-state index in [4.69, 9.17) is 14.5 Å². The summed E-state index contributed by atoms with van der Waals surface area (Å²) >= 11 is 0. The SMILES string of the molecule is CCCCOc1ccc([Si](Cn2ccnc2[B]C(c2ccccc2)c2ccccc2)(c2ccccc2)c2ccc(OCCCC)cc2)cc1. The third kappa shape index (κ3) is 8.26. The van der Waals surface area contributed by atoms with Gasteiger partial charge >= 0.3 is 0 Å². The molecular weight excluding hydrogens is 615 g/mol. The van der Waals surface area contributed by atoms with E-state index in [9.17, 15) is 0 Å². The Morgan fingerprint density at radius 2 is 1.04 bits per heavy atom. The molecule has 0 saturated carbocycles. The first-order chi connectivity index (χ1) is 24.2. The van der Waals surface area contributed by atoms with Crippen molar-refractivity contribution in [1.29, 1.82) is 0 Å². The first kappa shape index (κ1) is 34.1. The van der Waals surface area contributed by atoms with Crippen molar-refractivity contribution in [2.45, 2.75) is 51.5 Å². The number of ether oxygens (including phenoxy) is 2. The van der Waals surface area contributed by atoms with E-state index in [1.54, 1.807) is 0 Å². The van der Waals surface area contributed by atoms with Crippen LogP contribution in [0.4, 0.5) is 0 Å². The lowest BCUT2D eigenvalue weighted by molar-refractivity contribution is 0.309. The van der Waals surface area contributed by atoms with Gasteiger partial charge in [0.2, 0.25) is 7.28 Å². The zero-order chi connectivity index (χ0) is 33.7. The zero-order valence-electron chi connectivity index (χ0n) is 28.7. The maximum absolute atomic E-state index is 6.12. The van der Waals surface area contributed by atoms with Crippen LogP contribution < -0.4 is 30.8 Å². The van der Waals surface area contributed by atoms with Crippen LogP contribution in [0.1, 0.15) is 56.5 Å². The molecule has 0 bridgehead atoms. The predicted octanol–water partition coefficient (Wildman–Crippen LogP) is 7.07. The summed E-state index contributed by atoms with van der Waals surface area (Å²) in [6.07, 6.45) is 9.19. The van der Waals surface area contributed by atoms with Gasteiger partial charge in [0.05, 0.1) is 18.9 Å². The van der Waals surface area contributed by atoms with Gasteiger partial charge in [0.15, 0.2) is 8.07 Å². The van der Waals surface area contributed by atoms with Gasteiger partial charge in [-0.25, -0.2) is 0 Å². The van der Waals surface area contributed by atoms with E-state index in [2.05, 4.69) is 171 Å². The molecule has 0 spiro atoms. The summed E-state index contributed by atoms with van der Waals surface area (Å²) in [7, 11) is -0.376. The van der Waals surface area contributed by atoms with Crippen molar-refractivity contribution in [2.24, 2.45) is 0 Å². The van der Waals surface area contributed by atoms with E-state index in [0.29, 0.717) is 0 Å². The van der Waals surface area contributed by atoms with Gasteiger partial charge in [-0.3, -0.25) is 4.98 Å². The summed E-state index contributed by atoms with van der Waals surface area (Å²) < 4.78 is 14.6. The Balaban J connectivity index is 1.44. The number of rotatable bonds is 17. The highest BCUT2D eigenvalue weighted by Crippen LogP contribution is 2.24. The molecular formula is C43H46BN2O2Si. The maximum Gasteiger partial charge on any atom is 0.215 e. The Labute approximate surface area is 294 Å². The zero-order valence-corrected chi connectivity index (χ0v) is 29.7. The second-order valence-corrected chi connectivity index (χ2v) is 16.5. The van der Waals surface area contributed by atoms with Gasteiger partial charge in [0.25, 0.3) is 0 Å². The van der Waals surface area contributed by atoms with Gasteiger partial charge in [-0.15, -0.1) is 0 Å². The lowest BCUT2D eigenvalue weighted by Crippen LogP contribution is -2.70. The number of hydrogen-bond acceptors (Lipinski definition) is 3. The molecule has 0 atom stereocenters. The van der Waals surface area contributed by atoms with Crippen LogP contribution in [0.25, 0.3) is 0 Å². The van der Waals surface area contributed by atoms with Crippen molar-refractivity contribution in [3.63, 3.8) is 0 Å². The first-order valence-electron chi connectivity index (χ1n) is 17.7. The molecule has 0 unspecified atom stereocenters. The minimum atomic E-state index is -2.70. The molecule has 49 heavy (non-hydrogen) atoms. The minimum absolute atomic E-state index is 0.0652. The summed E-state index contributed by atoms with van der Waals surface area (Å²) in [6.45, 7) is 5.84. The van der Waals surface area contributed by atoms with E-state index in [1.807, 2.05) is 6.20 Å². The molecule has 0 aliphatic heterocycles. The number of benzene rings is 5. The third-order valence-electron chi connectivity index (χ3n) is 9.28. The third-order valence-corrected chi connectivity index (χ3v) is 14.1. The average Bonchev–Trinajstić information content (AvgIpc) is 3.61. The Bertz CT molecular complexity index is 1740. The van der Waals surface area contributed by atoms with Crippen LogP contribution in [0.2, 0.25) is 0 Å². The van der Waals surface area contributed by atoms with Crippen molar-refractivity contribution >= 4 is 36.6 Å². The molecule has 1 radical (unpaired) electrons. The van der Waals surface area contributed by atoms with E-state index in [1.165, 1.54) is 26.7 Å². The summed E-state index contributed by atoms with van der Waals surface area (Å²) in [5, 5.41) is 3.99. The van der Waals surface area contributed by atoms with Crippen LogP contribution in [-0.2, 0) is 6.17 Å². The van der Waals surface area contributed by atoms with E-state index >= 15 is 0 Å². The Hall–Kier alpha value is -4.81. The Kier molecular flexibility index (Phi) is 11.8. The minimum Gasteiger partial charge on any atom is -0.494 e. The van der Waals surface area contributed by atoms with Crippen LogP contribution in [0.15, 0.2) is 152 Å². The molecule has 0 aliphatic carbocycles. The lowest BCUT2D eigenvalue weighted by atomic mass is 9.58. The average molecular weight is 662 g/mol. The van der Waals surface area contributed by atoms with Crippen molar-refractivity contribution in [1.82, 2.24) is 9.55 Å². The Morgan fingerprint density at radius 3 is 1.51 bits per heavy atom. The molecule has 1 aromatic heterocycles. The predicted molar refractivity (Wildman–Crippen MR) is 207 cm³/mol. The van der Waals surface area contributed by atoms with Gasteiger partial charge < -0.3 is 14.0 Å². The molecule has 5 aromatic carbocycles. The van der Waals surface area contributed by atoms with Crippen LogP contribution in [0.3, 0.4) is 0 Å². The summed E-state index contributed by atoms with van der Waals surface area (Å²) in [5.41, 5.74) is 3.45. The smallest absolute Gasteiger partial charge is 0.215 e. The molecule has 0 amide bonds. The second-order valence-electron chi connectivity index (χ2n) is 12.6. The maximum atomic E-state index is 6.12. The monoisotopic (exact) mass is 661 g/mol. The van der Waals surface area contributed by atoms with E-state index in [-0.39, 0.29) is 5.82 Å². The van der Waals surface area contributed by atoms with Gasteiger partial charge in [-0.05, 0) is 69.6 Å². The summed E-state index contributed by atoms with van der Waals surface area (Å²) in [4.78, 5) is 4.97. The molecule has 247 valence electrons. The molecule has 1 heterocycles. The second kappa shape index (κ2) is 17.0. The molecule has 6 heteroatoms. The fourth-order valence-corrected chi connectivity index (χ4v) is 11.1. The highest BCUT2D eigenvalue weighted by atomic mass is 28.3. The van der Waals surface area contributed by atoms with Crippen LogP contribution in [0.5, 0.6) is 11.5 Å². The highest BCUT2D eigenvalue weighted by molar-refractivity contribution is 7.10. The van der Waals surface area contributed by atoms with Crippen molar-refractivity contribution in [3.8, 4) is 11.5 Å². The first-order valence-corrected chi connectivity index (χ1v) is 19.9. The number of aromatic nitrogens is 2. The van der Waals surface area contributed by atoms with Crippen molar-refractivity contribution in [3.05, 3.63) is 163 Å². The number of unbranched alkanes of at least 4 members (excludes halogenated alkanes) is 2. The van der Waals surface area contributed by atoms with E-state index < -0.39 is 8.07 Å². The van der Waals surface area contributed by atoms with Gasteiger partial charge in [0, 0.05) is 18.6 Å². The van der Waals surface area contributed by atoms with Crippen molar-refractivity contribution in [2.75, 3.05) is 13.2 Å². The van der Waals surface area contributed by atoms with Crippen LogP contribution in [-0.4, -0.2) is 38.1 Å². The topological polar surface area (TPSA) is 36.3 Å². The molecule has 0 aliphatic rings. The Morgan fingerprint density at radius 1 is 0.592 bits per heavy atom. The number of nitrogens with zero attached hydrogens (tertiary/aromatic N) is 2. The molecule has 0 fully saturated rings. The standard InChI is InChI=1S/C43H46BN2O2Si/c1-3-5-32-47-37-22-26-40(27-23-37)49(39-20-14-9-15-21-39,41-28-24-38(25-29-41)48-33-6-4-2)34-46-31-30-45-43(46)44-42(35-16-10-7-11-17-35)36-18-12-8-13-19-36/h7-31,42H,3-6,32-34H2,1-2H3. The fraction of sp³-hybridized carbons (Fsp3) is 0.233. The quantitative estimate of drug-likeness (QED) is 0.0597. The molecule has 0 N–H and O–H groups in total. The lowest BCUT2D eigenvalue weighted by Gasteiger charge is -2.35. The largest absolute Gasteiger partial charge is 0.494 e. The highest BCUT2D eigenvalue weighted by Gasteiger charge is 2.40.